The molecule has 0 saturated carbocycles. The molecule has 2 N–H and O–H groups in total. The molecule has 0 aromatic heterocycles. The molecule has 1 aromatic rings. The number of ether oxygens (including phenoxy) is 1. The summed E-state index contributed by atoms with van der Waals surface area (Å²) in [4.78, 5) is 10.3. The maximum absolute atomic E-state index is 14.3. The van der Waals surface area contributed by atoms with Gasteiger partial charge >= 0.3 is 0 Å². The van der Waals surface area contributed by atoms with Crippen LogP contribution in [0.1, 0.15) is 18.9 Å². The third kappa shape index (κ3) is 2.28. The zero-order chi connectivity index (χ0) is 17.8. The van der Waals surface area contributed by atoms with E-state index in [9.17, 15) is 22.9 Å². The van der Waals surface area contributed by atoms with Crippen LogP contribution in [0.25, 0.3) is 0 Å². The largest absolute Gasteiger partial charge is 0.379 e. The molecule has 0 amide bonds. The molecule has 130 valence electrons. The van der Waals surface area contributed by atoms with Gasteiger partial charge in [-0.25, -0.2) is 12.8 Å². The van der Waals surface area contributed by atoms with E-state index in [0.29, 0.717) is 0 Å². The number of benzene rings is 1. The summed E-state index contributed by atoms with van der Waals surface area (Å²) in [6, 6.07) is 2.95. The lowest BCUT2D eigenvalue weighted by Gasteiger charge is -2.44. The molecular formula is C14H16FN3O5S. The Morgan fingerprint density at radius 3 is 2.71 bits per heavy atom. The lowest BCUT2D eigenvalue weighted by Crippen LogP contribution is -2.66. The van der Waals surface area contributed by atoms with Crippen molar-refractivity contribution >= 4 is 21.4 Å². The molecule has 8 nitrogen and oxygen atoms in total. The fraction of sp³-hybridized carbons (Fsp3) is 0.500. The van der Waals surface area contributed by atoms with Crippen LogP contribution in [0.5, 0.6) is 0 Å². The summed E-state index contributed by atoms with van der Waals surface area (Å²) in [6.45, 7) is 1.53. The molecule has 0 radical (unpaired) electrons. The second kappa shape index (κ2) is 5.21. The van der Waals surface area contributed by atoms with Gasteiger partial charge in [-0.05, 0) is 19.4 Å². The molecule has 2 atom stereocenters. The molecule has 24 heavy (non-hydrogen) atoms. The highest BCUT2D eigenvalue weighted by molar-refractivity contribution is 7.93. The first-order valence-electron chi connectivity index (χ1n) is 7.23. The Morgan fingerprint density at radius 2 is 2.17 bits per heavy atom. The van der Waals surface area contributed by atoms with Crippen molar-refractivity contribution in [3.63, 3.8) is 0 Å². The number of nitrogens with zero attached hydrogens (tertiary/aromatic N) is 1. The number of nitro benzene ring substituents is 1. The van der Waals surface area contributed by atoms with E-state index in [1.54, 1.807) is 0 Å². The number of rotatable bonds is 2. The Morgan fingerprint density at radius 1 is 1.46 bits per heavy atom. The first-order valence-corrected chi connectivity index (χ1v) is 8.88. The zero-order valence-electron chi connectivity index (χ0n) is 12.8. The summed E-state index contributed by atoms with van der Waals surface area (Å²) < 4.78 is 43.6. The first kappa shape index (κ1) is 16.8. The average molecular weight is 357 g/mol. The van der Waals surface area contributed by atoms with Crippen molar-refractivity contribution in [3.05, 3.63) is 39.7 Å². The second-order valence-corrected chi connectivity index (χ2v) is 8.61. The predicted octanol–water partition coefficient (Wildman–Crippen LogP) is 1.10. The minimum absolute atomic E-state index is 0.116. The lowest BCUT2D eigenvalue weighted by molar-refractivity contribution is -0.385. The Bertz CT molecular complexity index is 835. The van der Waals surface area contributed by atoms with Crippen molar-refractivity contribution in [1.82, 2.24) is 5.32 Å². The predicted molar refractivity (Wildman–Crippen MR) is 83.2 cm³/mol. The van der Waals surface area contributed by atoms with Crippen LogP contribution in [0.4, 0.5) is 10.1 Å². The van der Waals surface area contributed by atoms with Crippen LogP contribution >= 0.6 is 0 Å². The van der Waals surface area contributed by atoms with Crippen LogP contribution in [-0.2, 0) is 20.1 Å². The van der Waals surface area contributed by atoms with Gasteiger partial charge in [-0.15, -0.1) is 0 Å². The van der Waals surface area contributed by atoms with Gasteiger partial charge in [-0.1, -0.05) is 0 Å². The fourth-order valence-corrected chi connectivity index (χ4v) is 5.57. The molecule has 2 heterocycles. The molecule has 2 fully saturated rings. The van der Waals surface area contributed by atoms with E-state index in [1.165, 1.54) is 6.92 Å². The van der Waals surface area contributed by atoms with E-state index in [4.69, 9.17) is 10.1 Å². The molecule has 0 bridgehead atoms. The minimum atomic E-state index is -3.83. The third-order valence-electron chi connectivity index (χ3n) is 4.67. The van der Waals surface area contributed by atoms with E-state index in [-0.39, 0.29) is 36.7 Å². The van der Waals surface area contributed by atoms with Crippen molar-refractivity contribution in [3.8, 4) is 0 Å². The van der Waals surface area contributed by atoms with Crippen LogP contribution in [0.2, 0.25) is 0 Å². The first-order chi connectivity index (χ1) is 11.1. The van der Waals surface area contributed by atoms with E-state index in [0.717, 1.165) is 18.2 Å². The zero-order valence-corrected chi connectivity index (χ0v) is 13.7. The molecule has 2 aliphatic rings. The van der Waals surface area contributed by atoms with Crippen molar-refractivity contribution in [2.45, 2.75) is 23.6 Å². The normalized spacial score (nSPS) is 31.8. The Hall–Kier alpha value is -2.07. The smallest absolute Gasteiger partial charge is 0.269 e. The number of nitrogens with one attached hydrogen (secondary N) is 2. The standard InChI is InChI=1S/C14H16FN3O5S/c1-13(10-6-9(18(19)20)2-3-11(10)15)8-24(21,22)14(12(16)17-13)4-5-23-7-14/h2-3,6H,4-5,7-8H2,1H3,(H2,16,17)/t13-,14+/m0/s1. The van der Waals surface area contributed by atoms with Crippen LogP contribution in [0.15, 0.2) is 18.2 Å². The molecule has 0 aliphatic carbocycles. The van der Waals surface area contributed by atoms with Gasteiger partial charge < -0.3 is 10.1 Å². The minimum Gasteiger partial charge on any atom is -0.379 e. The summed E-state index contributed by atoms with van der Waals surface area (Å²) >= 11 is 0. The number of amidine groups is 1. The monoisotopic (exact) mass is 357 g/mol. The summed E-state index contributed by atoms with van der Waals surface area (Å²) in [6.07, 6.45) is 0.161. The average Bonchev–Trinajstić information content (AvgIpc) is 2.96. The number of halogens is 1. The number of sulfone groups is 1. The van der Waals surface area contributed by atoms with Crippen LogP contribution < -0.4 is 5.32 Å². The number of non-ortho nitro benzene ring substituents is 1. The molecule has 10 heteroatoms. The van der Waals surface area contributed by atoms with E-state index >= 15 is 0 Å². The van der Waals surface area contributed by atoms with Crippen molar-refractivity contribution in [2.75, 3.05) is 19.0 Å². The van der Waals surface area contributed by atoms with Gasteiger partial charge in [0.05, 0.1) is 22.8 Å². The quantitative estimate of drug-likeness (QED) is 0.604. The summed E-state index contributed by atoms with van der Waals surface area (Å²) in [7, 11) is -3.83. The molecule has 1 aromatic carbocycles. The van der Waals surface area contributed by atoms with E-state index in [1.807, 2.05) is 0 Å². The Balaban J connectivity index is 2.09. The molecular weight excluding hydrogens is 341 g/mol. The molecule has 1 spiro atoms. The van der Waals surface area contributed by atoms with E-state index < -0.39 is 36.6 Å². The molecule has 0 unspecified atom stereocenters. The second-order valence-electron chi connectivity index (χ2n) is 6.31. The van der Waals surface area contributed by atoms with Crippen molar-refractivity contribution in [1.29, 1.82) is 5.41 Å². The SMILES string of the molecule is C[C@@]1(c2cc([N+](=O)[O-])ccc2F)CS(=O)(=O)[C@@]2(CCOC2)C(=N)N1. The van der Waals surface area contributed by atoms with Gasteiger partial charge in [0.2, 0.25) is 0 Å². The van der Waals surface area contributed by atoms with Gasteiger partial charge in [0.25, 0.3) is 5.69 Å². The van der Waals surface area contributed by atoms with E-state index in [2.05, 4.69) is 5.32 Å². The highest BCUT2D eigenvalue weighted by Crippen LogP contribution is 2.40. The molecule has 2 saturated heterocycles. The van der Waals surface area contributed by atoms with Crippen LogP contribution in [-0.4, -0.2) is 42.9 Å². The van der Waals surface area contributed by atoms with Gasteiger partial charge in [0, 0.05) is 24.3 Å². The number of hydrogen-bond donors (Lipinski definition) is 2. The lowest BCUT2D eigenvalue weighted by atomic mass is 9.91. The maximum atomic E-state index is 14.3. The molecule has 3 rings (SSSR count). The van der Waals surface area contributed by atoms with Gasteiger partial charge in [0.1, 0.15) is 11.7 Å². The maximum Gasteiger partial charge on any atom is 0.269 e. The van der Waals surface area contributed by atoms with Crippen LogP contribution in [0.3, 0.4) is 0 Å². The highest BCUT2D eigenvalue weighted by Gasteiger charge is 2.58. The number of hydrogen-bond acceptors (Lipinski definition) is 6. The molecule has 2 aliphatic heterocycles. The third-order valence-corrected chi connectivity index (χ3v) is 7.35. The fourth-order valence-electron chi connectivity index (χ4n) is 3.28. The van der Waals surface area contributed by atoms with Gasteiger partial charge in [0.15, 0.2) is 14.6 Å². The number of nitro groups is 1. The van der Waals surface area contributed by atoms with Crippen molar-refractivity contribution in [2.24, 2.45) is 0 Å². The Kier molecular flexibility index (Phi) is 3.64. The van der Waals surface area contributed by atoms with Crippen LogP contribution in [0, 0.1) is 21.3 Å². The van der Waals surface area contributed by atoms with Crippen molar-refractivity contribution < 1.29 is 22.5 Å². The Labute approximate surface area is 137 Å². The summed E-state index contributed by atoms with van der Waals surface area (Å²) in [5.74, 6) is -1.51. The topological polar surface area (TPSA) is 122 Å². The summed E-state index contributed by atoms with van der Waals surface area (Å²) in [5, 5.41) is 21.9. The summed E-state index contributed by atoms with van der Waals surface area (Å²) in [5.41, 5.74) is -1.97. The van der Waals surface area contributed by atoms with Gasteiger partial charge in [-0.2, -0.15) is 0 Å². The van der Waals surface area contributed by atoms with Gasteiger partial charge in [-0.3, -0.25) is 15.5 Å². The highest BCUT2D eigenvalue weighted by atomic mass is 32.2.